The maximum atomic E-state index is 12.3. The molecule has 0 spiro atoms. The Labute approximate surface area is 158 Å². The van der Waals surface area contributed by atoms with Crippen molar-refractivity contribution >= 4 is 17.8 Å². The minimum Gasteiger partial charge on any atom is -0.507 e. The SMILES string of the molecule is CCCOc1cc(O)c2c(c1)/C=C/CCCC(=O)/C=C\CCOC2=O.O.O. The zero-order chi connectivity index (χ0) is 18.1. The molecule has 1 aliphatic rings. The molecular weight excluding hydrogens is 352 g/mol. The number of ether oxygens (including phenoxy) is 2. The highest BCUT2D eigenvalue weighted by Gasteiger charge is 2.18. The van der Waals surface area contributed by atoms with Crippen LogP contribution < -0.4 is 4.74 Å². The Morgan fingerprint density at radius 2 is 1.85 bits per heavy atom. The van der Waals surface area contributed by atoms with Gasteiger partial charge in [-0.25, -0.2) is 4.79 Å². The first-order valence-electron chi connectivity index (χ1n) is 8.64. The lowest BCUT2D eigenvalue weighted by Gasteiger charge is -2.12. The van der Waals surface area contributed by atoms with E-state index in [0.29, 0.717) is 37.2 Å². The van der Waals surface area contributed by atoms with E-state index in [4.69, 9.17) is 9.47 Å². The van der Waals surface area contributed by atoms with Crippen molar-refractivity contribution in [1.82, 2.24) is 0 Å². The number of benzene rings is 1. The zero-order valence-electron chi connectivity index (χ0n) is 15.5. The molecule has 0 radical (unpaired) electrons. The lowest BCUT2D eigenvalue weighted by atomic mass is 10.0. The van der Waals surface area contributed by atoms with E-state index in [0.717, 1.165) is 12.8 Å². The summed E-state index contributed by atoms with van der Waals surface area (Å²) in [6, 6.07) is 3.16. The van der Waals surface area contributed by atoms with Crippen LogP contribution in [0.3, 0.4) is 0 Å². The number of phenolic OH excluding ortho intramolecular Hbond substituents is 1. The molecule has 0 fully saturated rings. The van der Waals surface area contributed by atoms with Crippen LogP contribution in [0.5, 0.6) is 11.5 Å². The molecule has 7 nitrogen and oxygen atoms in total. The third-order valence-electron chi connectivity index (χ3n) is 3.71. The van der Waals surface area contributed by atoms with E-state index in [1.165, 1.54) is 12.1 Å². The number of aromatic hydroxyl groups is 1. The predicted molar refractivity (Wildman–Crippen MR) is 103 cm³/mol. The number of phenols is 1. The summed E-state index contributed by atoms with van der Waals surface area (Å²) < 4.78 is 10.8. The average Bonchev–Trinajstić information content (AvgIpc) is 2.58. The fraction of sp³-hybridized carbons (Fsp3) is 0.400. The molecule has 0 unspecified atom stereocenters. The largest absolute Gasteiger partial charge is 0.507 e. The van der Waals surface area contributed by atoms with Crippen molar-refractivity contribution in [2.75, 3.05) is 13.2 Å². The van der Waals surface area contributed by atoms with Crippen LogP contribution in [-0.2, 0) is 9.53 Å². The van der Waals surface area contributed by atoms with Crippen molar-refractivity contribution in [3.63, 3.8) is 0 Å². The second-order valence-electron chi connectivity index (χ2n) is 5.84. The Balaban J connectivity index is 0.00000338. The van der Waals surface area contributed by atoms with Gasteiger partial charge >= 0.3 is 5.97 Å². The molecule has 1 heterocycles. The first kappa shape index (κ1) is 24.4. The molecule has 2 rings (SSSR count). The monoisotopic (exact) mass is 380 g/mol. The minimum absolute atomic E-state index is 0. The average molecular weight is 380 g/mol. The van der Waals surface area contributed by atoms with Gasteiger partial charge in [0.1, 0.15) is 17.1 Å². The lowest BCUT2D eigenvalue weighted by molar-refractivity contribution is -0.114. The van der Waals surface area contributed by atoms with E-state index in [9.17, 15) is 14.7 Å². The zero-order valence-corrected chi connectivity index (χ0v) is 15.5. The van der Waals surface area contributed by atoms with E-state index < -0.39 is 5.97 Å². The van der Waals surface area contributed by atoms with Gasteiger partial charge in [-0.3, -0.25) is 4.79 Å². The van der Waals surface area contributed by atoms with Gasteiger partial charge in [0, 0.05) is 12.5 Å². The molecule has 1 aromatic rings. The number of rotatable bonds is 3. The van der Waals surface area contributed by atoms with Crippen LogP contribution in [0.4, 0.5) is 0 Å². The summed E-state index contributed by atoms with van der Waals surface area (Å²) in [5, 5.41) is 10.3. The molecule has 150 valence electrons. The molecule has 27 heavy (non-hydrogen) atoms. The fourth-order valence-corrected chi connectivity index (χ4v) is 2.47. The van der Waals surface area contributed by atoms with Gasteiger partial charge in [0.2, 0.25) is 0 Å². The number of fused-ring (bicyclic) bond motifs is 1. The molecule has 0 saturated heterocycles. The Morgan fingerprint density at radius 3 is 2.59 bits per heavy atom. The number of allylic oxidation sites excluding steroid dienone is 2. The number of esters is 1. The molecule has 5 N–H and O–H groups in total. The summed E-state index contributed by atoms with van der Waals surface area (Å²) in [6.07, 6.45) is 10.1. The van der Waals surface area contributed by atoms with Gasteiger partial charge in [-0.1, -0.05) is 25.2 Å². The number of cyclic esters (lactones) is 1. The van der Waals surface area contributed by atoms with Crippen molar-refractivity contribution in [2.24, 2.45) is 0 Å². The molecular formula is C20H28O7. The molecule has 0 bridgehead atoms. The number of carbonyl (C=O) groups is 2. The van der Waals surface area contributed by atoms with Gasteiger partial charge < -0.3 is 25.5 Å². The molecule has 0 saturated carbocycles. The summed E-state index contributed by atoms with van der Waals surface area (Å²) in [4.78, 5) is 24.0. The minimum atomic E-state index is -0.587. The Bertz CT molecular complexity index is 677. The Hall–Kier alpha value is -2.64. The van der Waals surface area contributed by atoms with Crippen LogP contribution in [0.2, 0.25) is 0 Å². The second kappa shape index (κ2) is 12.7. The third kappa shape index (κ3) is 7.64. The van der Waals surface area contributed by atoms with Crippen LogP contribution in [-0.4, -0.2) is 41.0 Å². The van der Waals surface area contributed by atoms with Crippen LogP contribution in [0.1, 0.15) is 54.9 Å². The first-order valence-corrected chi connectivity index (χ1v) is 8.64. The van der Waals surface area contributed by atoms with Crippen molar-refractivity contribution in [1.29, 1.82) is 0 Å². The molecule has 0 aromatic heterocycles. The van der Waals surface area contributed by atoms with Crippen LogP contribution in [0.25, 0.3) is 6.08 Å². The summed E-state index contributed by atoms with van der Waals surface area (Å²) in [7, 11) is 0. The van der Waals surface area contributed by atoms with Gasteiger partial charge in [0.05, 0.1) is 13.2 Å². The number of hydrogen-bond donors (Lipinski definition) is 1. The molecule has 1 aromatic carbocycles. The molecule has 0 aliphatic carbocycles. The highest BCUT2D eigenvalue weighted by atomic mass is 16.5. The van der Waals surface area contributed by atoms with Crippen LogP contribution in [0.15, 0.2) is 30.4 Å². The maximum Gasteiger partial charge on any atom is 0.342 e. The van der Waals surface area contributed by atoms with E-state index in [1.54, 1.807) is 18.2 Å². The van der Waals surface area contributed by atoms with E-state index >= 15 is 0 Å². The lowest BCUT2D eigenvalue weighted by Crippen LogP contribution is -2.09. The van der Waals surface area contributed by atoms with Gasteiger partial charge in [-0.15, -0.1) is 0 Å². The summed E-state index contributed by atoms with van der Waals surface area (Å²) in [5.74, 6) is -0.160. The van der Waals surface area contributed by atoms with Crippen molar-refractivity contribution in [2.45, 2.75) is 39.0 Å². The summed E-state index contributed by atoms with van der Waals surface area (Å²) in [6.45, 7) is 2.67. The van der Waals surface area contributed by atoms with Crippen molar-refractivity contribution in [3.8, 4) is 11.5 Å². The number of ketones is 1. The molecule has 0 atom stereocenters. The number of carbonyl (C=O) groups excluding carboxylic acids is 2. The standard InChI is InChI=1S/C20H24O5.2H2O/c1-2-11-24-17-13-15-8-4-3-5-9-16(21)10-6-7-12-25-20(23)19(15)18(22)14-17;;/h4,6,8,10,13-14,22H,2-3,5,7,9,11-12H2,1H3;2*1H2/b8-4+,10-6-;;. The summed E-state index contributed by atoms with van der Waals surface area (Å²) in [5.41, 5.74) is 0.687. The maximum absolute atomic E-state index is 12.3. The van der Waals surface area contributed by atoms with Gasteiger partial charge in [-0.2, -0.15) is 0 Å². The highest BCUT2D eigenvalue weighted by Crippen LogP contribution is 2.30. The molecule has 7 heteroatoms. The quantitative estimate of drug-likeness (QED) is 0.803. The normalized spacial score (nSPS) is 17.2. The van der Waals surface area contributed by atoms with Crippen LogP contribution in [0, 0.1) is 0 Å². The fourth-order valence-electron chi connectivity index (χ4n) is 2.47. The second-order valence-corrected chi connectivity index (χ2v) is 5.84. The first-order chi connectivity index (χ1) is 12.1. The summed E-state index contributed by atoms with van der Waals surface area (Å²) >= 11 is 0. The smallest absolute Gasteiger partial charge is 0.342 e. The van der Waals surface area contributed by atoms with Gasteiger partial charge in [0.25, 0.3) is 0 Å². The van der Waals surface area contributed by atoms with E-state index in [-0.39, 0.29) is 34.7 Å². The van der Waals surface area contributed by atoms with Gasteiger partial charge in [-0.05, 0) is 43.4 Å². The third-order valence-corrected chi connectivity index (χ3v) is 3.71. The van der Waals surface area contributed by atoms with Gasteiger partial charge in [0.15, 0.2) is 5.78 Å². The Morgan fingerprint density at radius 1 is 1.11 bits per heavy atom. The number of hydrogen-bond acceptors (Lipinski definition) is 5. The predicted octanol–water partition coefficient (Wildman–Crippen LogP) is 2.40. The van der Waals surface area contributed by atoms with E-state index in [2.05, 4.69) is 0 Å². The van der Waals surface area contributed by atoms with Crippen molar-refractivity contribution < 1.29 is 35.1 Å². The molecule has 0 amide bonds. The van der Waals surface area contributed by atoms with E-state index in [1.807, 2.05) is 13.0 Å². The van der Waals surface area contributed by atoms with Crippen LogP contribution >= 0.6 is 0 Å². The molecule has 1 aliphatic heterocycles. The van der Waals surface area contributed by atoms with Crippen molar-refractivity contribution in [3.05, 3.63) is 41.5 Å². The Kier molecular flexibility index (Phi) is 11.4. The highest BCUT2D eigenvalue weighted by molar-refractivity contribution is 5.97. The topological polar surface area (TPSA) is 136 Å².